The maximum Gasteiger partial charge on any atom is 0.410 e. The van der Waals surface area contributed by atoms with Crippen LogP contribution in [0.5, 0.6) is 11.5 Å². The Hall–Kier alpha value is -2.15. The fourth-order valence-corrected chi connectivity index (χ4v) is 4.97. The van der Waals surface area contributed by atoms with E-state index in [9.17, 15) is 4.79 Å². The molecule has 0 bridgehead atoms. The number of carbonyl (C=O) groups is 1. The molecule has 1 aliphatic heterocycles. The van der Waals surface area contributed by atoms with Gasteiger partial charge in [0.05, 0.1) is 14.2 Å². The minimum atomic E-state index is -1.80. The van der Waals surface area contributed by atoms with E-state index >= 15 is 0 Å². The van der Waals surface area contributed by atoms with Crippen LogP contribution < -0.4 is 9.47 Å². The summed E-state index contributed by atoms with van der Waals surface area (Å²) >= 11 is 0. The Labute approximate surface area is 181 Å². The predicted molar refractivity (Wildman–Crippen MR) is 121 cm³/mol. The average Bonchev–Trinajstić information content (AvgIpc) is 2.90. The highest BCUT2D eigenvalue weighted by atomic mass is 28.4. The van der Waals surface area contributed by atoms with Gasteiger partial charge in [0, 0.05) is 24.1 Å². The predicted octanol–water partition coefficient (Wildman–Crippen LogP) is 5.18. The van der Waals surface area contributed by atoms with Gasteiger partial charge in [0.2, 0.25) is 8.32 Å². The number of hydrogen-bond donors (Lipinski definition) is 0. The van der Waals surface area contributed by atoms with Gasteiger partial charge in [-0.2, -0.15) is 0 Å². The number of hydrogen-bond acceptors (Lipinski definition) is 5. The van der Waals surface area contributed by atoms with E-state index in [0.717, 1.165) is 24.2 Å². The summed E-state index contributed by atoms with van der Waals surface area (Å²) < 4.78 is 23.2. The molecule has 1 aromatic rings. The molecule has 1 heterocycles. The fraction of sp³-hybridized carbons (Fsp3) is 0.609. The zero-order valence-electron chi connectivity index (χ0n) is 19.5. The quantitative estimate of drug-likeness (QED) is 0.613. The lowest BCUT2D eigenvalue weighted by atomic mass is 9.74. The molecule has 1 spiro atoms. The van der Waals surface area contributed by atoms with Crippen LogP contribution in [0.3, 0.4) is 0 Å². The van der Waals surface area contributed by atoms with Gasteiger partial charge in [-0.1, -0.05) is 0 Å². The van der Waals surface area contributed by atoms with E-state index in [1.54, 1.807) is 14.2 Å². The van der Waals surface area contributed by atoms with Crippen LogP contribution in [0, 0.1) is 0 Å². The lowest BCUT2D eigenvalue weighted by Crippen LogP contribution is -2.45. The second kappa shape index (κ2) is 7.83. The van der Waals surface area contributed by atoms with Crippen molar-refractivity contribution in [3.8, 4) is 11.5 Å². The molecule has 2 aliphatic rings. The van der Waals surface area contributed by atoms with Crippen LogP contribution in [0.25, 0.3) is 5.76 Å². The van der Waals surface area contributed by atoms with Gasteiger partial charge in [-0.15, -0.1) is 0 Å². The third kappa shape index (κ3) is 4.61. The number of methoxy groups -OCH3 is 2. The number of likely N-dealkylation sites (tertiary alicyclic amines) is 1. The summed E-state index contributed by atoms with van der Waals surface area (Å²) in [5.41, 5.74) is 1.59. The van der Waals surface area contributed by atoms with E-state index in [1.807, 2.05) is 31.7 Å². The molecule has 166 valence electrons. The molecule has 1 saturated heterocycles. The zero-order valence-corrected chi connectivity index (χ0v) is 20.5. The van der Waals surface area contributed by atoms with Gasteiger partial charge < -0.3 is 23.5 Å². The topological polar surface area (TPSA) is 57.2 Å². The van der Waals surface area contributed by atoms with Crippen molar-refractivity contribution in [2.45, 2.75) is 64.3 Å². The highest BCUT2D eigenvalue weighted by Gasteiger charge is 2.44. The minimum absolute atomic E-state index is 0.178. The van der Waals surface area contributed by atoms with Crippen LogP contribution in [-0.2, 0) is 14.6 Å². The smallest absolute Gasteiger partial charge is 0.410 e. The fourth-order valence-electron chi connectivity index (χ4n) is 4.14. The number of allylic oxidation sites excluding steroid dienone is 1. The van der Waals surface area contributed by atoms with Gasteiger partial charge in [-0.3, -0.25) is 0 Å². The number of carbonyl (C=O) groups excluding carboxylic acids is 1. The lowest BCUT2D eigenvalue weighted by Gasteiger charge is -2.39. The van der Waals surface area contributed by atoms with Crippen molar-refractivity contribution < 1.29 is 23.4 Å². The summed E-state index contributed by atoms with van der Waals surface area (Å²) in [6.45, 7) is 13.5. The Balaban J connectivity index is 1.93. The Kier molecular flexibility index (Phi) is 5.88. The summed E-state index contributed by atoms with van der Waals surface area (Å²) in [4.78, 5) is 14.3. The normalized spacial score (nSPS) is 18.0. The molecular formula is C23H35NO5Si. The lowest BCUT2D eigenvalue weighted by molar-refractivity contribution is 0.0183. The maximum absolute atomic E-state index is 12.5. The number of fused-ring (bicyclic) bond motifs is 2. The van der Waals surface area contributed by atoms with E-state index in [-0.39, 0.29) is 11.5 Å². The molecule has 1 fully saturated rings. The van der Waals surface area contributed by atoms with Crippen molar-refractivity contribution in [2.24, 2.45) is 0 Å². The Morgan fingerprint density at radius 3 is 2.10 bits per heavy atom. The van der Waals surface area contributed by atoms with E-state index in [1.165, 1.54) is 5.56 Å². The number of rotatable bonds is 4. The molecule has 1 amide bonds. The van der Waals surface area contributed by atoms with Crippen LogP contribution >= 0.6 is 0 Å². The molecule has 0 radical (unpaired) electrons. The van der Waals surface area contributed by atoms with E-state index < -0.39 is 13.9 Å². The largest absolute Gasteiger partial charge is 0.544 e. The van der Waals surface area contributed by atoms with Gasteiger partial charge >= 0.3 is 6.09 Å². The molecular weight excluding hydrogens is 398 g/mol. The number of piperidine rings is 1. The third-order valence-corrected chi connectivity index (χ3v) is 6.29. The van der Waals surface area contributed by atoms with Crippen LogP contribution in [0.15, 0.2) is 18.2 Å². The van der Waals surface area contributed by atoms with Crippen molar-refractivity contribution >= 4 is 20.2 Å². The highest BCUT2D eigenvalue weighted by Crippen LogP contribution is 2.51. The second-order valence-electron chi connectivity index (χ2n) is 10.1. The second-order valence-corrected chi connectivity index (χ2v) is 14.5. The third-order valence-electron chi connectivity index (χ3n) is 5.46. The maximum atomic E-state index is 12.5. The van der Waals surface area contributed by atoms with Crippen molar-refractivity contribution in [1.82, 2.24) is 4.90 Å². The number of ether oxygens (including phenoxy) is 3. The first kappa shape index (κ1) is 22.5. The first-order valence-electron chi connectivity index (χ1n) is 10.5. The minimum Gasteiger partial charge on any atom is -0.544 e. The summed E-state index contributed by atoms with van der Waals surface area (Å²) in [5.74, 6) is 2.34. The van der Waals surface area contributed by atoms with Crippen molar-refractivity contribution in [3.05, 3.63) is 29.3 Å². The molecule has 1 aliphatic carbocycles. The highest BCUT2D eigenvalue weighted by molar-refractivity contribution is 6.70. The zero-order chi connectivity index (χ0) is 22.3. The molecule has 7 heteroatoms. The number of amides is 1. The van der Waals surface area contributed by atoms with E-state index in [2.05, 4.69) is 31.8 Å². The standard InChI is InChI=1S/C23H35NO5Si/c1-22(2,3)28-21(25)24-11-9-23(10-12-24)15-20(29-30(6,7)8)16-13-18(26-4)19(27-5)14-17(16)23/h13-15H,9-12H2,1-8H3. The van der Waals surface area contributed by atoms with Crippen LogP contribution in [0.2, 0.25) is 19.6 Å². The van der Waals surface area contributed by atoms with Gasteiger partial charge in [-0.05, 0) is 77.0 Å². The molecule has 0 N–H and O–H groups in total. The van der Waals surface area contributed by atoms with E-state index in [0.29, 0.717) is 24.6 Å². The molecule has 6 nitrogen and oxygen atoms in total. The van der Waals surface area contributed by atoms with Crippen LogP contribution in [0.4, 0.5) is 4.79 Å². The molecule has 0 aromatic heterocycles. The number of benzene rings is 1. The van der Waals surface area contributed by atoms with Crippen LogP contribution in [-0.4, -0.2) is 52.2 Å². The molecule has 0 atom stereocenters. The van der Waals surface area contributed by atoms with Crippen molar-refractivity contribution in [1.29, 1.82) is 0 Å². The monoisotopic (exact) mass is 433 g/mol. The molecule has 3 rings (SSSR count). The Morgan fingerprint density at radius 2 is 1.60 bits per heavy atom. The first-order valence-corrected chi connectivity index (χ1v) is 13.9. The molecule has 30 heavy (non-hydrogen) atoms. The molecule has 0 saturated carbocycles. The summed E-state index contributed by atoms with van der Waals surface area (Å²) in [6, 6.07) is 4.10. The summed E-state index contributed by atoms with van der Waals surface area (Å²) in [5, 5.41) is 0. The number of nitrogens with zero attached hydrogens (tertiary/aromatic N) is 1. The Bertz CT molecular complexity index is 842. The summed E-state index contributed by atoms with van der Waals surface area (Å²) in [6.07, 6.45) is 3.65. The van der Waals surface area contributed by atoms with E-state index in [4.69, 9.17) is 18.6 Å². The molecule has 0 unspecified atom stereocenters. The molecule has 1 aromatic carbocycles. The van der Waals surface area contributed by atoms with Crippen LogP contribution in [0.1, 0.15) is 44.7 Å². The summed E-state index contributed by atoms with van der Waals surface area (Å²) in [7, 11) is 1.50. The SMILES string of the molecule is COc1cc2c(cc1OC)C1(C=C2O[Si](C)(C)C)CCN(C(=O)OC(C)(C)C)CC1. The van der Waals surface area contributed by atoms with Gasteiger partial charge in [-0.25, -0.2) is 4.79 Å². The first-order chi connectivity index (χ1) is 13.9. The van der Waals surface area contributed by atoms with Crippen molar-refractivity contribution in [2.75, 3.05) is 27.3 Å². The van der Waals surface area contributed by atoms with Crippen molar-refractivity contribution in [3.63, 3.8) is 0 Å². The van der Waals surface area contributed by atoms with Gasteiger partial charge in [0.25, 0.3) is 0 Å². The average molecular weight is 434 g/mol. The van der Waals surface area contributed by atoms with Gasteiger partial charge in [0.15, 0.2) is 11.5 Å². The Morgan fingerprint density at radius 1 is 1.03 bits per heavy atom. The van der Waals surface area contributed by atoms with Gasteiger partial charge in [0.1, 0.15) is 11.4 Å².